The molecule has 4 N–H and O–H groups in total. The van der Waals surface area contributed by atoms with Gasteiger partial charge in [-0.2, -0.15) is 8.42 Å². The number of hydrogen-bond donors (Lipinski definition) is 3. The molecule has 86 valence electrons. The maximum absolute atomic E-state index is 10.9. The maximum atomic E-state index is 10.9. The summed E-state index contributed by atoms with van der Waals surface area (Å²) in [5.41, 5.74) is 0.851. The first-order valence-corrected chi connectivity index (χ1v) is 5.79. The normalized spacial score (nSPS) is 10.6. The summed E-state index contributed by atoms with van der Waals surface area (Å²) in [7, 11) is -3.77. The summed E-state index contributed by atoms with van der Waals surface area (Å²) >= 11 is 0. The molecule has 1 aromatic carbocycles. The molecule has 1 rings (SSSR count). The standard InChI is InChI=1S/C9H11N3O3S/c1-2-9(13)11-7-3-5-8(6-4-7)12-16(10,14)15/h2-6,12H,1H2,(H,11,13)(H2,10,14,15). The van der Waals surface area contributed by atoms with Crippen molar-refractivity contribution >= 4 is 27.5 Å². The highest BCUT2D eigenvalue weighted by atomic mass is 32.2. The van der Waals surface area contributed by atoms with Crippen LogP contribution in [-0.4, -0.2) is 14.3 Å². The Morgan fingerprint density at radius 2 is 1.75 bits per heavy atom. The second-order valence-corrected chi connectivity index (χ2v) is 4.21. The van der Waals surface area contributed by atoms with Crippen LogP contribution in [0.3, 0.4) is 0 Å². The van der Waals surface area contributed by atoms with Crippen LogP contribution in [0.15, 0.2) is 36.9 Å². The van der Waals surface area contributed by atoms with Gasteiger partial charge in [-0.15, -0.1) is 0 Å². The molecule has 0 heterocycles. The molecule has 0 fully saturated rings. The van der Waals surface area contributed by atoms with Crippen LogP contribution in [0.4, 0.5) is 11.4 Å². The van der Waals surface area contributed by atoms with Crippen molar-refractivity contribution in [2.24, 2.45) is 5.14 Å². The van der Waals surface area contributed by atoms with Gasteiger partial charge in [-0.1, -0.05) is 6.58 Å². The molecule has 0 aliphatic heterocycles. The lowest BCUT2D eigenvalue weighted by Gasteiger charge is -2.05. The number of amides is 1. The second kappa shape index (κ2) is 4.77. The molecule has 6 nitrogen and oxygen atoms in total. The monoisotopic (exact) mass is 241 g/mol. The first-order chi connectivity index (χ1) is 7.40. The molecule has 1 aromatic rings. The largest absolute Gasteiger partial charge is 0.323 e. The van der Waals surface area contributed by atoms with Gasteiger partial charge in [0.1, 0.15) is 0 Å². The van der Waals surface area contributed by atoms with Crippen molar-refractivity contribution < 1.29 is 13.2 Å². The molecular weight excluding hydrogens is 230 g/mol. The molecule has 0 unspecified atom stereocenters. The summed E-state index contributed by atoms with van der Waals surface area (Å²) in [6, 6.07) is 6.02. The molecule has 7 heteroatoms. The fourth-order valence-electron chi connectivity index (χ4n) is 0.979. The predicted octanol–water partition coefficient (Wildman–Crippen LogP) is 0.426. The number of carbonyl (C=O) groups is 1. The van der Waals surface area contributed by atoms with Crippen LogP contribution < -0.4 is 15.2 Å². The summed E-state index contributed by atoms with van der Waals surface area (Å²) in [4.78, 5) is 10.9. The number of benzene rings is 1. The maximum Gasteiger partial charge on any atom is 0.296 e. The third kappa shape index (κ3) is 4.11. The minimum atomic E-state index is -3.77. The molecule has 0 radical (unpaired) electrons. The van der Waals surface area contributed by atoms with E-state index in [1.54, 1.807) is 0 Å². The molecule has 0 atom stereocenters. The van der Waals surface area contributed by atoms with E-state index in [0.717, 1.165) is 6.08 Å². The van der Waals surface area contributed by atoms with E-state index in [0.29, 0.717) is 11.4 Å². The molecule has 0 spiro atoms. The molecule has 0 aromatic heterocycles. The van der Waals surface area contributed by atoms with E-state index in [9.17, 15) is 13.2 Å². The van der Waals surface area contributed by atoms with Crippen LogP contribution >= 0.6 is 0 Å². The van der Waals surface area contributed by atoms with Crippen LogP contribution in [0.1, 0.15) is 0 Å². The summed E-state index contributed by atoms with van der Waals surface area (Å²) in [5, 5.41) is 7.30. The van der Waals surface area contributed by atoms with Crippen LogP contribution in [0.2, 0.25) is 0 Å². The third-order valence-corrected chi connectivity index (χ3v) is 2.12. The van der Waals surface area contributed by atoms with Gasteiger partial charge in [-0.3, -0.25) is 9.52 Å². The van der Waals surface area contributed by atoms with Crippen LogP contribution in [0.25, 0.3) is 0 Å². The Labute approximate surface area is 93.3 Å². The van der Waals surface area contributed by atoms with E-state index in [4.69, 9.17) is 5.14 Å². The first kappa shape index (κ1) is 12.2. The van der Waals surface area contributed by atoms with Gasteiger partial charge in [0.15, 0.2) is 0 Å². The van der Waals surface area contributed by atoms with E-state index < -0.39 is 10.2 Å². The van der Waals surface area contributed by atoms with Gasteiger partial charge in [-0.25, -0.2) is 5.14 Å². The van der Waals surface area contributed by atoms with Crippen molar-refractivity contribution in [2.45, 2.75) is 0 Å². The summed E-state index contributed by atoms with van der Waals surface area (Å²) < 4.78 is 23.5. The molecule has 16 heavy (non-hydrogen) atoms. The lowest BCUT2D eigenvalue weighted by Crippen LogP contribution is -2.21. The van der Waals surface area contributed by atoms with Gasteiger partial charge < -0.3 is 5.32 Å². The van der Waals surface area contributed by atoms with Crippen molar-refractivity contribution in [1.82, 2.24) is 0 Å². The highest BCUT2D eigenvalue weighted by Gasteiger charge is 2.02. The van der Waals surface area contributed by atoms with Gasteiger partial charge in [-0.05, 0) is 30.3 Å². The molecule has 0 aliphatic rings. The fraction of sp³-hybridized carbons (Fsp3) is 0. The summed E-state index contributed by atoms with van der Waals surface area (Å²) in [6.07, 6.45) is 1.14. The Balaban J connectivity index is 2.75. The van der Waals surface area contributed by atoms with E-state index >= 15 is 0 Å². The highest BCUT2D eigenvalue weighted by molar-refractivity contribution is 7.90. The van der Waals surface area contributed by atoms with E-state index in [-0.39, 0.29) is 5.91 Å². The van der Waals surface area contributed by atoms with Gasteiger partial charge in [0.05, 0.1) is 0 Å². The second-order valence-electron chi connectivity index (χ2n) is 2.92. The van der Waals surface area contributed by atoms with Crippen LogP contribution in [-0.2, 0) is 15.0 Å². The number of carbonyl (C=O) groups excluding carboxylic acids is 1. The Kier molecular flexibility index (Phi) is 3.64. The summed E-state index contributed by atoms with van der Waals surface area (Å²) in [6.45, 7) is 3.30. The van der Waals surface area contributed by atoms with Gasteiger partial charge in [0.2, 0.25) is 5.91 Å². The first-order valence-electron chi connectivity index (χ1n) is 4.25. The quantitative estimate of drug-likeness (QED) is 0.666. The zero-order valence-electron chi connectivity index (χ0n) is 8.30. The Morgan fingerprint density at radius 3 is 2.19 bits per heavy atom. The molecule has 0 saturated heterocycles. The lowest BCUT2D eigenvalue weighted by molar-refractivity contribution is -0.111. The topological polar surface area (TPSA) is 101 Å². The number of nitrogens with two attached hydrogens (primary N) is 1. The molecule has 0 saturated carbocycles. The van der Waals surface area contributed by atoms with Crippen molar-refractivity contribution in [1.29, 1.82) is 0 Å². The Morgan fingerprint density at radius 1 is 1.25 bits per heavy atom. The number of anilines is 2. The minimum Gasteiger partial charge on any atom is -0.323 e. The Bertz CT molecular complexity index is 493. The van der Waals surface area contributed by atoms with Crippen LogP contribution in [0, 0.1) is 0 Å². The fourth-order valence-corrected chi connectivity index (χ4v) is 1.44. The van der Waals surface area contributed by atoms with Crippen molar-refractivity contribution in [3.05, 3.63) is 36.9 Å². The smallest absolute Gasteiger partial charge is 0.296 e. The average molecular weight is 241 g/mol. The zero-order chi connectivity index (χ0) is 12.2. The van der Waals surface area contributed by atoms with Crippen molar-refractivity contribution in [3.8, 4) is 0 Å². The highest BCUT2D eigenvalue weighted by Crippen LogP contribution is 2.13. The number of rotatable bonds is 4. The molecule has 1 amide bonds. The minimum absolute atomic E-state index is 0.319. The molecule has 0 aliphatic carbocycles. The number of nitrogens with one attached hydrogen (secondary N) is 2. The molecule has 0 bridgehead atoms. The predicted molar refractivity (Wildman–Crippen MR) is 62.0 cm³/mol. The van der Waals surface area contributed by atoms with E-state index in [1.807, 2.05) is 0 Å². The van der Waals surface area contributed by atoms with Gasteiger partial charge in [0, 0.05) is 11.4 Å². The third-order valence-electron chi connectivity index (χ3n) is 1.60. The summed E-state index contributed by atoms with van der Waals surface area (Å²) in [5.74, 6) is -0.341. The lowest BCUT2D eigenvalue weighted by atomic mass is 10.3. The van der Waals surface area contributed by atoms with E-state index in [2.05, 4.69) is 16.6 Å². The number of hydrogen-bond acceptors (Lipinski definition) is 3. The van der Waals surface area contributed by atoms with E-state index in [1.165, 1.54) is 24.3 Å². The van der Waals surface area contributed by atoms with Gasteiger partial charge >= 0.3 is 0 Å². The van der Waals surface area contributed by atoms with Crippen molar-refractivity contribution in [3.63, 3.8) is 0 Å². The zero-order valence-corrected chi connectivity index (χ0v) is 9.12. The molecular formula is C9H11N3O3S. The van der Waals surface area contributed by atoms with Gasteiger partial charge in [0.25, 0.3) is 10.2 Å². The average Bonchev–Trinajstić information content (AvgIpc) is 2.18. The Hall–Kier alpha value is -1.86. The van der Waals surface area contributed by atoms with Crippen molar-refractivity contribution in [2.75, 3.05) is 10.0 Å². The SMILES string of the molecule is C=CC(=O)Nc1ccc(NS(N)(=O)=O)cc1. The van der Waals surface area contributed by atoms with Crippen LogP contribution in [0.5, 0.6) is 0 Å².